The molecule has 8 nitrogen and oxygen atoms in total. The van der Waals surface area contributed by atoms with Gasteiger partial charge in [-0.25, -0.2) is 4.79 Å². The van der Waals surface area contributed by atoms with Crippen LogP contribution in [-0.4, -0.2) is 47.0 Å². The van der Waals surface area contributed by atoms with Crippen LogP contribution in [0.15, 0.2) is 30.3 Å². The molecule has 1 aromatic carbocycles. The van der Waals surface area contributed by atoms with Crippen molar-refractivity contribution >= 4 is 17.7 Å². The summed E-state index contributed by atoms with van der Waals surface area (Å²) in [6.45, 7) is 0.610. The second kappa shape index (κ2) is 8.92. The molecular formula is C24H33N3O5. The van der Waals surface area contributed by atoms with Gasteiger partial charge in [0.1, 0.15) is 18.2 Å². The van der Waals surface area contributed by atoms with Gasteiger partial charge in [-0.3, -0.25) is 14.9 Å². The molecule has 0 aromatic heterocycles. The minimum Gasteiger partial charge on any atom is -0.480 e. The van der Waals surface area contributed by atoms with E-state index in [-0.39, 0.29) is 24.2 Å². The largest absolute Gasteiger partial charge is 0.480 e. The van der Waals surface area contributed by atoms with Crippen LogP contribution < -0.4 is 16.8 Å². The summed E-state index contributed by atoms with van der Waals surface area (Å²) in [6.07, 6.45) is 4.22. The van der Waals surface area contributed by atoms with Gasteiger partial charge in [-0.1, -0.05) is 36.8 Å². The van der Waals surface area contributed by atoms with Crippen molar-refractivity contribution in [3.8, 4) is 0 Å². The number of ether oxygens (including phenoxy) is 1. The fourth-order valence-electron chi connectivity index (χ4n) is 6.51. The summed E-state index contributed by atoms with van der Waals surface area (Å²) < 4.78 is 5.75. The van der Waals surface area contributed by atoms with Crippen molar-refractivity contribution in [2.45, 2.75) is 69.2 Å². The molecule has 32 heavy (non-hydrogen) atoms. The molecule has 6 atom stereocenters. The number of carboxylic acids is 1. The SMILES string of the molecule is NCCCCC(N)C(=O)C12CC[C@H](C1)[C@@H]1C[C@@H](C(=O)O)N[C@]12C(=O)OCc1ccccc1. The van der Waals surface area contributed by atoms with Crippen LogP contribution in [0.4, 0.5) is 0 Å². The predicted octanol–water partition coefficient (Wildman–Crippen LogP) is 1.36. The van der Waals surface area contributed by atoms with Crippen LogP contribution in [0.2, 0.25) is 0 Å². The predicted molar refractivity (Wildman–Crippen MR) is 117 cm³/mol. The minimum atomic E-state index is -1.34. The van der Waals surface area contributed by atoms with Crippen LogP contribution in [0.3, 0.4) is 0 Å². The van der Waals surface area contributed by atoms with Crippen molar-refractivity contribution in [2.24, 2.45) is 28.7 Å². The van der Waals surface area contributed by atoms with E-state index < -0.39 is 35.0 Å². The molecule has 0 amide bonds. The number of fused-ring (bicyclic) bond motifs is 5. The third-order valence-corrected chi connectivity index (χ3v) is 7.93. The first kappa shape index (κ1) is 22.9. The second-order valence-corrected chi connectivity index (χ2v) is 9.59. The normalized spacial score (nSPS) is 33.6. The van der Waals surface area contributed by atoms with E-state index in [1.165, 1.54) is 0 Å². The third-order valence-electron chi connectivity index (χ3n) is 7.93. The van der Waals surface area contributed by atoms with E-state index in [0.29, 0.717) is 32.2 Å². The molecule has 2 bridgehead atoms. The topological polar surface area (TPSA) is 145 Å². The second-order valence-electron chi connectivity index (χ2n) is 9.59. The molecule has 0 spiro atoms. The van der Waals surface area contributed by atoms with E-state index in [9.17, 15) is 19.5 Å². The Labute approximate surface area is 188 Å². The van der Waals surface area contributed by atoms with Gasteiger partial charge in [-0.05, 0) is 62.5 Å². The maximum atomic E-state index is 13.8. The zero-order valence-electron chi connectivity index (χ0n) is 18.3. The lowest BCUT2D eigenvalue weighted by Gasteiger charge is -2.45. The molecule has 3 aliphatic rings. The molecule has 8 heteroatoms. The molecule has 1 saturated heterocycles. The van der Waals surface area contributed by atoms with E-state index in [2.05, 4.69) is 5.32 Å². The van der Waals surface area contributed by atoms with Crippen molar-refractivity contribution in [2.75, 3.05) is 6.54 Å². The summed E-state index contributed by atoms with van der Waals surface area (Å²) in [7, 11) is 0. The Bertz CT molecular complexity index is 878. The minimum absolute atomic E-state index is 0.0745. The number of carbonyl (C=O) groups is 3. The van der Waals surface area contributed by atoms with Gasteiger partial charge in [0.25, 0.3) is 0 Å². The highest BCUT2D eigenvalue weighted by atomic mass is 16.5. The van der Waals surface area contributed by atoms with E-state index in [4.69, 9.17) is 16.2 Å². The first-order chi connectivity index (χ1) is 15.4. The zero-order chi connectivity index (χ0) is 22.9. The number of hydrogen-bond acceptors (Lipinski definition) is 7. The van der Waals surface area contributed by atoms with Gasteiger partial charge in [0.2, 0.25) is 0 Å². The molecule has 3 fully saturated rings. The number of nitrogens with two attached hydrogens (primary N) is 2. The Kier molecular flexibility index (Phi) is 6.38. The molecular weight excluding hydrogens is 410 g/mol. The van der Waals surface area contributed by atoms with Crippen molar-refractivity contribution in [3.63, 3.8) is 0 Å². The van der Waals surface area contributed by atoms with E-state index >= 15 is 0 Å². The number of rotatable bonds is 10. The molecule has 1 aliphatic heterocycles. The number of nitrogens with one attached hydrogen (secondary N) is 1. The molecule has 1 heterocycles. The maximum Gasteiger partial charge on any atom is 0.328 e. The van der Waals surface area contributed by atoms with Crippen LogP contribution in [0.5, 0.6) is 0 Å². The number of hydrogen-bond donors (Lipinski definition) is 4. The third kappa shape index (κ3) is 3.54. The number of esters is 1. The molecule has 1 aromatic rings. The highest BCUT2D eigenvalue weighted by Gasteiger charge is 2.77. The molecule has 0 radical (unpaired) electrons. The molecule has 2 unspecified atom stereocenters. The van der Waals surface area contributed by atoms with Crippen molar-refractivity contribution in [1.82, 2.24) is 5.32 Å². The number of Topliss-reactive ketones (excluding diaryl/α,β-unsaturated/α-hetero) is 1. The molecule has 6 N–H and O–H groups in total. The van der Waals surface area contributed by atoms with Crippen LogP contribution in [0, 0.1) is 17.3 Å². The fraction of sp³-hybridized carbons (Fsp3) is 0.625. The average Bonchev–Trinajstić information content (AvgIpc) is 3.48. The van der Waals surface area contributed by atoms with Crippen LogP contribution >= 0.6 is 0 Å². The lowest BCUT2D eigenvalue weighted by atomic mass is 9.61. The lowest BCUT2D eigenvalue weighted by Crippen LogP contribution is -2.67. The van der Waals surface area contributed by atoms with Crippen LogP contribution in [-0.2, 0) is 25.7 Å². The van der Waals surface area contributed by atoms with E-state index in [0.717, 1.165) is 24.8 Å². The Hall–Kier alpha value is -2.29. The number of carbonyl (C=O) groups excluding carboxylic acids is 2. The fourth-order valence-corrected chi connectivity index (χ4v) is 6.51. The lowest BCUT2D eigenvalue weighted by molar-refractivity contribution is -0.165. The Balaban J connectivity index is 1.64. The van der Waals surface area contributed by atoms with Crippen LogP contribution in [0.25, 0.3) is 0 Å². The maximum absolute atomic E-state index is 13.8. The zero-order valence-corrected chi connectivity index (χ0v) is 18.3. The molecule has 174 valence electrons. The number of unbranched alkanes of at least 4 members (excludes halogenated alkanes) is 1. The summed E-state index contributed by atoms with van der Waals surface area (Å²) in [4.78, 5) is 39.3. The summed E-state index contributed by atoms with van der Waals surface area (Å²) in [5.74, 6) is -1.82. The first-order valence-electron chi connectivity index (χ1n) is 11.6. The highest BCUT2D eigenvalue weighted by Crippen LogP contribution is 2.67. The summed E-state index contributed by atoms with van der Waals surface area (Å²) in [6, 6.07) is 7.74. The monoisotopic (exact) mass is 443 g/mol. The number of benzene rings is 1. The van der Waals surface area contributed by atoms with Gasteiger partial charge in [-0.15, -0.1) is 0 Å². The average molecular weight is 444 g/mol. The summed E-state index contributed by atoms with van der Waals surface area (Å²) in [5, 5.41) is 12.8. The van der Waals surface area contributed by atoms with Crippen molar-refractivity contribution in [3.05, 3.63) is 35.9 Å². The Morgan fingerprint density at radius 3 is 2.66 bits per heavy atom. The number of aliphatic carboxylic acids is 1. The highest BCUT2D eigenvalue weighted by molar-refractivity contribution is 6.00. The molecule has 4 rings (SSSR count). The standard InChI is InChI=1S/C24H33N3O5/c25-11-5-4-8-18(26)20(28)23-10-9-16(13-23)17-12-19(21(29)30)27-24(17,23)22(31)32-14-15-6-2-1-3-7-15/h1-3,6-7,16-19,27H,4-5,8-14,25-26H2,(H,29,30)/t16-,17+,18?,19+,23?,24+/m1/s1. The Morgan fingerprint density at radius 1 is 1.22 bits per heavy atom. The van der Waals surface area contributed by atoms with Crippen molar-refractivity contribution < 1.29 is 24.2 Å². The quantitative estimate of drug-likeness (QED) is 0.313. The summed E-state index contributed by atoms with van der Waals surface area (Å²) in [5.41, 5.74) is 10.4. The van der Waals surface area contributed by atoms with Gasteiger partial charge in [0, 0.05) is 0 Å². The van der Waals surface area contributed by atoms with E-state index in [1.54, 1.807) is 0 Å². The van der Waals surface area contributed by atoms with E-state index in [1.807, 2.05) is 30.3 Å². The first-order valence-corrected chi connectivity index (χ1v) is 11.6. The van der Waals surface area contributed by atoms with Crippen LogP contribution in [0.1, 0.15) is 50.5 Å². The van der Waals surface area contributed by atoms with Gasteiger partial charge in [-0.2, -0.15) is 0 Å². The smallest absolute Gasteiger partial charge is 0.328 e. The van der Waals surface area contributed by atoms with Gasteiger partial charge in [0.15, 0.2) is 5.78 Å². The van der Waals surface area contributed by atoms with Crippen molar-refractivity contribution in [1.29, 1.82) is 0 Å². The van der Waals surface area contributed by atoms with Gasteiger partial charge >= 0.3 is 11.9 Å². The van der Waals surface area contributed by atoms with Gasteiger partial charge in [0.05, 0.1) is 11.5 Å². The number of ketones is 1. The van der Waals surface area contributed by atoms with Gasteiger partial charge < -0.3 is 21.3 Å². The number of carboxylic acid groups (broad SMARTS) is 1. The Morgan fingerprint density at radius 2 is 1.97 bits per heavy atom. The molecule has 2 saturated carbocycles. The summed E-state index contributed by atoms with van der Waals surface area (Å²) >= 11 is 0. The molecule has 2 aliphatic carbocycles.